The number of hydrogen-bond acceptors (Lipinski definition) is 6. The van der Waals surface area contributed by atoms with Crippen LogP contribution in [0.5, 0.6) is 5.75 Å². The molecule has 0 aromatic heterocycles. The van der Waals surface area contributed by atoms with Gasteiger partial charge in [-0.05, 0) is 36.2 Å². The molecule has 0 fully saturated rings. The zero-order valence-electron chi connectivity index (χ0n) is 15.0. The number of carboxylic acid groups (broad SMARTS) is 1. The highest BCUT2D eigenvalue weighted by molar-refractivity contribution is 6.31. The summed E-state index contributed by atoms with van der Waals surface area (Å²) in [6.45, 7) is 2.51. The number of carbonyl (C=O) groups is 2. The van der Waals surface area contributed by atoms with Crippen molar-refractivity contribution in [2.24, 2.45) is 0 Å². The van der Waals surface area contributed by atoms with Gasteiger partial charge in [-0.3, -0.25) is 14.9 Å². The quantitative estimate of drug-likeness (QED) is 0.505. The molecule has 2 aromatic rings. The van der Waals surface area contributed by atoms with Gasteiger partial charge < -0.3 is 20.0 Å². The summed E-state index contributed by atoms with van der Waals surface area (Å²) in [5, 5.41) is 24.9. The molecule has 0 aliphatic carbocycles. The highest BCUT2D eigenvalue weighted by atomic mass is 35.5. The van der Waals surface area contributed by atoms with Gasteiger partial charge in [0.2, 0.25) is 0 Å². The van der Waals surface area contributed by atoms with E-state index < -0.39 is 34.9 Å². The third-order valence-electron chi connectivity index (χ3n) is 3.83. The molecule has 0 radical (unpaired) electrons. The van der Waals surface area contributed by atoms with Crippen LogP contribution in [0.2, 0.25) is 5.02 Å². The number of benzene rings is 2. The summed E-state index contributed by atoms with van der Waals surface area (Å²) in [5.74, 6) is -1.55. The summed E-state index contributed by atoms with van der Waals surface area (Å²) in [4.78, 5) is 34.1. The molecular weight excluding hydrogens is 388 g/mol. The van der Waals surface area contributed by atoms with Gasteiger partial charge in [0.25, 0.3) is 11.6 Å². The highest BCUT2D eigenvalue weighted by Gasteiger charge is 2.23. The topological polar surface area (TPSA) is 122 Å². The smallest absolute Gasteiger partial charge is 0.283 e. The Morgan fingerprint density at radius 2 is 1.89 bits per heavy atom. The average molecular weight is 406 g/mol. The number of ether oxygens (including phenoxy) is 1. The van der Waals surface area contributed by atoms with Crippen LogP contribution in [0, 0.1) is 10.1 Å². The van der Waals surface area contributed by atoms with E-state index in [2.05, 4.69) is 5.32 Å². The number of nitro groups is 1. The Hall–Kier alpha value is -3.13. The number of halogens is 1. The highest BCUT2D eigenvalue weighted by Crippen LogP contribution is 2.25. The number of nitrogens with zero attached hydrogens (tertiary/aromatic N) is 1. The first kappa shape index (κ1) is 21.2. The van der Waals surface area contributed by atoms with Gasteiger partial charge in [-0.2, -0.15) is 0 Å². The lowest BCUT2D eigenvalue weighted by atomic mass is 10.0. The van der Waals surface area contributed by atoms with Crippen molar-refractivity contribution in [2.75, 3.05) is 6.61 Å². The van der Waals surface area contributed by atoms with Crippen LogP contribution in [0.4, 0.5) is 5.69 Å². The first-order chi connectivity index (χ1) is 13.3. The van der Waals surface area contributed by atoms with Crippen molar-refractivity contribution in [1.29, 1.82) is 0 Å². The Morgan fingerprint density at radius 3 is 2.46 bits per heavy atom. The van der Waals surface area contributed by atoms with Crippen LogP contribution >= 0.6 is 11.6 Å². The third-order valence-corrected chi connectivity index (χ3v) is 4.07. The van der Waals surface area contributed by atoms with Gasteiger partial charge in [-0.25, -0.2) is 0 Å². The van der Waals surface area contributed by atoms with Gasteiger partial charge in [0.15, 0.2) is 0 Å². The molecule has 1 atom stereocenters. The molecule has 1 N–H and O–H groups in total. The van der Waals surface area contributed by atoms with Gasteiger partial charge in [0.05, 0.1) is 17.6 Å². The molecule has 9 heteroatoms. The lowest BCUT2D eigenvalue weighted by Crippen LogP contribution is -2.34. The van der Waals surface area contributed by atoms with E-state index in [1.54, 1.807) is 24.3 Å². The molecule has 0 spiro atoms. The summed E-state index contributed by atoms with van der Waals surface area (Å²) in [5.41, 5.74) is -0.195. The fourth-order valence-electron chi connectivity index (χ4n) is 2.52. The second-order valence-corrected chi connectivity index (χ2v) is 6.37. The monoisotopic (exact) mass is 405 g/mol. The van der Waals surface area contributed by atoms with Crippen molar-refractivity contribution in [3.8, 4) is 5.75 Å². The molecule has 8 nitrogen and oxygen atoms in total. The molecule has 0 heterocycles. The van der Waals surface area contributed by atoms with Gasteiger partial charge in [0.1, 0.15) is 11.3 Å². The van der Waals surface area contributed by atoms with Gasteiger partial charge in [0, 0.05) is 23.5 Å². The van der Waals surface area contributed by atoms with E-state index in [9.17, 15) is 24.8 Å². The van der Waals surface area contributed by atoms with Crippen LogP contribution in [-0.4, -0.2) is 23.4 Å². The molecule has 0 aliphatic rings. The summed E-state index contributed by atoms with van der Waals surface area (Å²) in [6.07, 6.45) is 0.341. The van der Waals surface area contributed by atoms with Gasteiger partial charge in [-0.15, -0.1) is 0 Å². The summed E-state index contributed by atoms with van der Waals surface area (Å²) < 4.78 is 5.47. The van der Waals surface area contributed by atoms with Crippen molar-refractivity contribution >= 4 is 29.2 Å². The zero-order valence-corrected chi connectivity index (χ0v) is 15.8. The van der Waals surface area contributed by atoms with E-state index in [1.807, 2.05) is 6.92 Å². The van der Waals surface area contributed by atoms with Gasteiger partial charge in [-0.1, -0.05) is 30.7 Å². The standard InChI is InChI=1S/C19H19ClN2O6/c1-2-9-28-14-6-3-12(4-7-14)16(11-18(23)24)21-19(25)15-8-5-13(20)10-17(15)22(26)27/h3-8,10,16H,2,9,11H2,1H3,(H,21,25)(H,23,24)/p-1/t16-/m1/s1. The Kier molecular flexibility index (Phi) is 7.34. The predicted octanol–water partition coefficient (Wildman–Crippen LogP) is 2.65. The number of carbonyl (C=O) groups excluding carboxylic acids is 2. The zero-order chi connectivity index (χ0) is 20.7. The number of amides is 1. The van der Waals surface area contributed by atoms with Crippen LogP contribution < -0.4 is 15.2 Å². The SMILES string of the molecule is CCCOc1ccc([C@@H](CC(=O)[O-])NC(=O)c2ccc(Cl)cc2[N+](=O)[O-])cc1. The minimum Gasteiger partial charge on any atom is -0.550 e. The second kappa shape index (κ2) is 9.70. The summed E-state index contributed by atoms with van der Waals surface area (Å²) >= 11 is 5.75. The summed E-state index contributed by atoms with van der Waals surface area (Å²) in [7, 11) is 0. The third kappa shape index (κ3) is 5.68. The molecule has 0 saturated heterocycles. The maximum Gasteiger partial charge on any atom is 0.283 e. The molecule has 0 bridgehead atoms. The minimum atomic E-state index is -1.37. The van der Waals surface area contributed by atoms with E-state index in [1.165, 1.54) is 12.1 Å². The Balaban J connectivity index is 2.26. The molecular formula is C19H18ClN2O6-. The normalized spacial score (nSPS) is 11.5. The molecule has 148 valence electrons. The number of carboxylic acids is 1. The van der Waals surface area contributed by atoms with E-state index in [0.717, 1.165) is 12.5 Å². The van der Waals surface area contributed by atoms with Crippen molar-refractivity contribution < 1.29 is 24.4 Å². The molecule has 0 unspecified atom stereocenters. The van der Waals surface area contributed by atoms with Crippen LogP contribution in [-0.2, 0) is 4.79 Å². The fourth-order valence-corrected chi connectivity index (χ4v) is 2.69. The van der Waals surface area contributed by atoms with Crippen molar-refractivity contribution in [1.82, 2.24) is 5.32 Å². The molecule has 2 rings (SSSR count). The lowest BCUT2D eigenvalue weighted by Gasteiger charge is -2.20. The Morgan fingerprint density at radius 1 is 1.21 bits per heavy atom. The maximum absolute atomic E-state index is 12.6. The second-order valence-electron chi connectivity index (χ2n) is 5.94. The minimum absolute atomic E-state index is 0.109. The maximum atomic E-state index is 12.6. The van der Waals surface area contributed by atoms with Gasteiger partial charge >= 0.3 is 0 Å². The van der Waals surface area contributed by atoms with Crippen LogP contribution in [0.25, 0.3) is 0 Å². The average Bonchev–Trinajstić information content (AvgIpc) is 2.65. The summed E-state index contributed by atoms with van der Waals surface area (Å²) in [6, 6.07) is 9.24. The number of hydrogen-bond donors (Lipinski definition) is 1. The van der Waals surface area contributed by atoms with Crippen LogP contribution in [0.3, 0.4) is 0 Å². The van der Waals surface area contributed by atoms with E-state index in [-0.39, 0.29) is 10.6 Å². The van der Waals surface area contributed by atoms with E-state index in [0.29, 0.717) is 17.9 Å². The van der Waals surface area contributed by atoms with Crippen LogP contribution in [0.15, 0.2) is 42.5 Å². The largest absolute Gasteiger partial charge is 0.550 e. The van der Waals surface area contributed by atoms with Crippen molar-refractivity contribution in [3.63, 3.8) is 0 Å². The number of nitrogens with one attached hydrogen (secondary N) is 1. The predicted molar refractivity (Wildman–Crippen MR) is 100 cm³/mol. The van der Waals surface area contributed by atoms with Crippen molar-refractivity contribution in [3.05, 3.63) is 68.7 Å². The molecule has 0 saturated carbocycles. The first-order valence-corrected chi connectivity index (χ1v) is 8.87. The fraction of sp³-hybridized carbons (Fsp3) is 0.263. The lowest BCUT2D eigenvalue weighted by molar-refractivity contribution is -0.385. The van der Waals surface area contributed by atoms with Crippen molar-refractivity contribution in [2.45, 2.75) is 25.8 Å². The number of rotatable bonds is 9. The first-order valence-electron chi connectivity index (χ1n) is 8.49. The molecule has 2 aromatic carbocycles. The number of nitro benzene ring substituents is 1. The van der Waals surface area contributed by atoms with Crippen LogP contribution in [0.1, 0.15) is 41.7 Å². The Bertz CT molecular complexity index is 869. The molecule has 28 heavy (non-hydrogen) atoms. The molecule has 1 amide bonds. The van der Waals surface area contributed by atoms with E-state index in [4.69, 9.17) is 16.3 Å². The molecule has 0 aliphatic heterocycles. The number of aliphatic carboxylic acids is 1. The Labute approximate surface area is 166 Å². The van der Waals surface area contributed by atoms with E-state index >= 15 is 0 Å².